The van der Waals surface area contributed by atoms with Crippen molar-refractivity contribution < 1.29 is 32.3 Å². The standard InChI is InChI=1S/C19H19F3N2O4/c20-19(21,22)14-4-1-3-12(7-14)10-24-11-13(8-17(24)26)18(27)23-9-15(25)16-5-2-6-28-16/h1-7,13,15,25H,8-11H2,(H,23,27). The molecule has 2 N–H and O–H groups in total. The maximum Gasteiger partial charge on any atom is 0.416 e. The second kappa shape index (κ2) is 8.05. The Balaban J connectivity index is 1.55. The number of nitrogens with one attached hydrogen (secondary N) is 1. The molecular formula is C19H19F3N2O4. The van der Waals surface area contributed by atoms with Gasteiger partial charge in [0.1, 0.15) is 11.9 Å². The van der Waals surface area contributed by atoms with Crippen molar-refractivity contribution in [1.29, 1.82) is 0 Å². The molecular weight excluding hydrogens is 377 g/mol. The number of hydrogen-bond acceptors (Lipinski definition) is 4. The van der Waals surface area contributed by atoms with Crippen LogP contribution in [0.2, 0.25) is 0 Å². The van der Waals surface area contributed by atoms with Crippen LogP contribution in [0.1, 0.15) is 29.4 Å². The van der Waals surface area contributed by atoms with Gasteiger partial charge in [-0.2, -0.15) is 13.2 Å². The number of rotatable bonds is 6. The van der Waals surface area contributed by atoms with Gasteiger partial charge in [0, 0.05) is 19.5 Å². The molecule has 1 aromatic heterocycles. The minimum Gasteiger partial charge on any atom is -0.467 e. The SMILES string of the molecule is O=C(NCC(O)c1ccco1)C1CC(=O)N(Cc2cccc(C(F)(F)F)c2)C1. The van der Waals surface area contributed by atoms with E-state index in [9.17, 15) is 27.9 Å². The van der Waals surface area contributed by atoms with Crippen LogP contribution in [-0.2, 0) is 22.3 Å². The van der Waals surface area contributed by atoms with Gasteiger partial charge >= 0.3 is 6.18 Å². The molecule has 0 radical (unpaired) electrons. The summed E-state index contributed by atoms with van der Waals surface area (Å²) in [5.41, 5.74) is -0.435. The van der Waals surface area contributed by atoms with Crippen LogP contribution in [0.25, 0.3) is 0 Å². The zero-order valence-electron chi connectivity index (χ0n) is 14.8. The molecule has 0 spiro atoms. The van der Waals surface area contributed by atoms with Crippen molar-refractivity contribution in [2.75, 3.05) is 13.1 Å². The summed E-state index contributed by atoms with van der Waals surface area (Å²) >= 11 is 0. The number of benzene rings is 1. The number of likely N-dealkylation sites (tertiary alicyclic amines) is 1. The van der Waals surface area contributed by atoms with Crippen LogP contribution in [0.15, 0.2) is 47.1 Å². The molecule has 6 nitrogen and oxygen atoms in total. The molecule has 1 aliphatic rings. The third kappa shape index (κ3) is 4.72. The number of carbonyl (C=O) groups excluding carboxylic acids is 2. The predicted molar refractivity (Wildman–Crippen MR) is 91.6 cm³/mol. The first-order valence-electron chi connectivity index (χ1n) is 8.67. The summed E-state index contributed by atoms with van der Waals surface area (Å²) in [6.45, 7) is 0.0456. The molecule has 1 aromatic carbocycles. The van der Waals surface area contributed by atoms with E-state index in [-0.39, 0.29) is 32.0 Å². The molecule has 9 heteroatoms. The number of aliphatic hydroxyl groups excluding tert-OH is 1. The van der Waals surface area contributed by atoms with E-state index >= 15 is 0 Å². The van der Waals surface area contributed by atoms with Gasteiger partial charge in [0.2, 0.25) is 11.8 Å². The number of furan rings is 1. The third-order valence-electron chi connectivity index (χ3n) is 4.55. The highest BCUT2D eigenvalue weighted by molar-refractivity contribution is 5.89. The summed E-state index contributed by atoms with van der Waals surface area (Å²) in [6.07, 6.45) is -4.08. The second-order valence-corrected chi connectivity index (χ2v) is 6.65. The van der Waals surface area contributed by atoms with E-state index in [4.69, 9.17) is 4.42 Å². The Morgan fingerprint density at radius 1 is 1.32 bits per heavy atom. The Kier molecular flexibility index (Phi) is 5.73. The quantitative estimate of drug-likeness (QED) is 0.786. The molecule has 2 heterocycles. The molecule has 1 fully saturated rings. The lowest BCUT2D eigenvalue weighted by atomic mass is 10.1. The van der Waals surface area contributed by atoms with E-state index in [1.165, 1.54) is 23.3 Å². The van der Waals surface area contributed by atoms with E-state index in [0.29, 0.717) is 11.3 Å². The van der Waals surface area contributed by atoms with Gasteiger partial charge in [0.25, 0.3) is 0 Å². The molecule has 150 valence electrons. The van der Waals surface area contributed by atoms with Crippen LogP contribution in [0, 0.1) is 5.92 Å². The maximum absolute atomic E-state index is 12.8. The lowest BCUT2D eigenvalue weighted by molar-refractivity contribution is -0.137. The molecule has 3 rings (SSSR count). The van der Waals surface area contributed by atoms with E-state index in [2.05, 4.69) is 5.32 Å². The molecule has 28 heavy (non-hydrogen) atoms. The Bertz CT molecular complexity index is 836. The molecule has 0 bridgehead atoms. The van der Waals surface area contributed by atoms with Gasteiger partial charge in [-0.05, 0) is 29.8 Å². The molecule has 2 aromatic rings. The van der Waals surface area contributed by atoms with Crippen molar-refractivity contribution in [3.63, 3.8) is 0 Å². The normalized spacial score (nSPS) is 18.4. The van der Waals surface area contributed by atoms with Crippen molar-refractivity contribution in [2.45, 2.75) is 25.2 Å². The van der Waals surface area contributed by atoms with Gasteiger partial charge in [0.05, 0.1) is 24.3 Å². The van der Waals surface area contributed by atoms with Crippen LogP contribution >= 0.6 is 0 Å². The van der Waals surface area contributed by atoms with Crippen molar-refractivity contribution in [2.24, 2.45) is 5.92 Å². The Morgan fingerprint density at radius 2 is 2.11 bits per heavy atom. The smallest absolute Gasteiger partial charge is 0.416 e. The van der Waals surface area contributed by atoms with E-state index in [1.54, 1.807) is 12.1 Å². The monoisotopic (exact) mass is 396 g/mol. The lowest BCUT2D eigenvalue weighted by Gasteiger charge is -2.18. The molecule has 2 amide bonds. The van der Waals surface area contributed by atoms with E-state index < -0.39 is 29.7 Å². The van der Waals surface area contributed by atoms with Gasteiger partial charge in [-0.15, -0.1) is 0 Å². The molecule has 2 unspecified atom stereocenters. The number of nitrogens with zero attached hydrogens (tertiary/aromatic N) is 1. The summed E-state index contributed by atoms with van der Waals surface area (Å²) in [7, 11) is 0. The Hall–Kier alpha value is -2.81. The van der Waals surface area contributed by atoms with Gasteiger partial charge in [-0.25, -0.2) is 0 Å². The first-order chi connectivity index (χ1) is 13.2. The maximum atomic E-state index is 12.8. The average Bonchev–Trinajstić information content (AvgIpc) is 3.30. The summed E-state index contributed by atoms with van der Waals surface area (Å²) in [4.78, 5) is 25.8. The molecule has 1 saturated heterocycles. The topological polar surface area (TPSA) is 82.8 Å². The summed E-state index contributed by atoms with van der Waals surface area (Å²) in [6, 6.07) is 7.96. The largest absolute Gasteiger partial charge is 0.467 e. The highest BCUT2D eigenvalue weighted by atomic mass is 19.4. The Labute approximate surface area is 158 Å². The number of hydrogen-bond donors (Lipinski definition) is 2. The third-order valence-corrected chi connectivity index (χ3v) is 4.55. The number of amides is 2. The van der Waals surface area contributed by atoms with Gasteiger partial charge in [-0.3, -0.25) is 9.59 Å². The molecule has 0 saturated carbocycles. The first-order valence-corrected chi connectivity index (χ1v) is 8.67. The fraction of sp³-hybridized carbons (Fsp3) is 0.368. The highest BCUT2D eigenvalue weighted by Crippen LogP contribution is 2.30. The number of alkyl halides is 3. The van der Waals surface area contributed by atoms with Crippen LogP contribution in [0.3, 0.4) is 0 Å². The lowest BCUT2D eigenvalue weighted by Crippen LogP contribution is -2.35. The summed E-state index contributed by atoms with van der Waals surface area (Å²) < 4.78 is 43.5. The van der Waals surface area contributed by atoms with Crippen LogP contribution in [0.4, 0.5) is 13.2 Å². The van der Waals surface area contributed by atoms with Crippen LogP contribution in [-0.4, -0.2) is 34.9 Å². The Morgan fingerprint density at radius 3 is 2.79 bits per heavy atom. The second-order valence-electron chi connectivity index (χ2n) is 6.65. The number of aliphatic hydroxyl groups is 1. The van der Waals surface area contributed by atoms with Crippen molar-refractivity contribution in [3.05, 3.63) is 59.5 Å². The fourth-order valence-electron chi connectivity index (χ4n) is 3.09. The molecule has 1 aliphatic heterocycles. The van der Waals surface area contributed by atoms with Gasteiger partial charge in [-0.1, -0.05) is 12.1 Å². The number of halogens is 3. The van der Waals surface area contributed by atoms with Crippen LogP contribution in [0.5, 0.6) is 0 Å². The summed E-state index contributed by atoms with van der Waals surface area (Å²) in [5, 5.41) is 12.5. The minimum atomic E-state index is -4.46. The van der Waals surface area contributed by atoms with Gasteiger partial charge < -0.3 is 19.7 Å². The molecule has 0 aliphatic carbocycles. The van der Waals surface area contributed by atoms with Crippen molar-refractivity contribution in [3.8, 4) is 0 Å². The zero-order valence-corrected chi connectivity index (χ0v) is 14.8. The van der Waals surface area contributed by atoms with Crippen molar-refractivity contribution in [1.82, 2.24) is 10.2 Å². The zero-order chi connectivity index (χ0) is 20.3. The minimum absolute atomic E-state index is 0.00154. The predicted octanol–water partition coefficient (Wildman–Crippen LogP) is 2.50. The first kappa shape index (κ1) is 19.9. The van der Waals surface area contributed by atoms with E-state index in [1.807, 2.05) is 0 Å². The fourth-order valence-corrected chi connectivity index (χ4v) is 3.09. The number of carbonyl (C=O) groups is 2. The van der Waals surface area contributed by atoms with E-state index in [0.717, 1.165) is 12.1 Å². The summed E-state index contributed by atoms with van der Waals surface area (Å²) in [5.74, 6) is -1.01. The molecule has 2 atom stereocenters. The highest BCUT2D eigenvalue weighted by Gasteiger charge is 2.35. The van der Waals surface area contributed by atoms with Crippen molar-refractivity contribution >= 4 is 11.8 Å². The van der Waals surface area contributed by atoms with Crippen LogP contribution < -0.4 is 5.32 Å². The van der Waals surface area contributed by atoms with Gasteiger partial charge in [0.15, 0.2) is 0 Å². The average molecular weight is 396 g/mol.